The molecule has 0 saturated carbocycles. The number of alkyl halides is 2. The monoisotopic (exact) mass is 379 g/mol. The average Bonchev–Trinajstić information content (AvgIpc) is 2.86. The Morgan fingerprint density at radius 3 is 2.78 bits per heavy atom. The molecule has 2 amide bonds. The Labute approximate surface area is 153 Å². The zero-order valence-corrected chi connectivity index (χ0v) is 14.8. The summed E-state index contributed by atoms with van der Waals surface area (Å²) in [4.78, 5) is 27.2. The summed E-state index contributed by atoms with van der Waals surface area (Å²) in [7, 11) is 1.40. The maximum Gasteiger partial charge on any atom is 0.329 e. The molecule has 0 aliphatic carbocycles. The SMILES string of the molecule is CCC1C(COc2nccc3cc(C(N)=O)c(OC)cc23)NC(=O)C1(F)F. The molecule has 1 aliphatic heterocycles. The first kappa shape index (κ1) is 18.8. The maximum absolute atomic E-state index is 13.9. The molecule has 3 N–H and O–H groups in total. The fourth-order valence-corrected chi connectivity index (χ4v) is 3.30. The fraction of sp³-hybridized carbons (Fsp3) is 0.389. The summed E-state index contributed by atoms with van der Waals surface area (Å²) >= 11 is 0. The van der Waals surface area contributed by atoms with Crippen molar-refractivity contribution in [2.24, 2.45) is 11.7 Å². The normalized spacial score (nSPS) is 21.1. The summed E-state index contributed by atoms with van der Waals surface area (Å²) in [6.45, 7) is 1.43. The van der Waals surface area contributed by atoms with Gasteiger partial charge in [0, 0.05) is 11.6 Å². The van der Waals surface area contributed by atoms with Crippen LogP contribution in [-0.2, 0) is 4.79 Å². The van der Waals surface area contributed by atoms with Crippen molar-refractivity contribution in [2.75, 3.05) is 13.7 Å². The first-order valence-corrected chi connectivity index (χ1v) is 8.37. The summed E-state index contributed by atoms with van der Waals surface area (Å²) in [5, 5.41) is 3.44. The van der Waals surface area contributed by atoms with Crippen molar-refractivity contribution in [1.29, 1.82) is 0 Å². The predicted octanol–water partition coefficient (Wildman–Crippen LogP) is 1.88. The Balaban J connectivity index is 1.89. The lowest BCUT2D eigenvalue weighted by atomic mass is 9.95. The van der Waals surface area contributed by atoms with Gasteiger partial charge in [0.05, 0.1) is 24.6 Å². The first-order chi connectivity index (χ1) is 12.8. The number of nitrogens with zero attached hydrogens (tertiary/aromatic N) is 1. The van der Waals surface area contributed by atoms with Crippen molar-refractivity contribution in [3.63, 3.8) is 0 Å². The molecule has 144 valence electrons. The van der Waals surface area contributed by atoms with Crippen LogP contribution in [0, 0.1) is 5.92 Å². The number of nitrogens with two attached hydrogens (primary N) is 1. The molecule has 2 atom stereocenters. The van der Waals surface area contributed by atoms with Gasteiger partial charge in [-0.3, -0.25) is 9.59 Å². The Hall–Kier alpha value is -2.97. The van der Waals surface area contributed by atoms with Crippen molar-refractivity contribution in [2.45, 2.75) is 25.3 Å². The summed E-state index contributed by atoms with van der Waals surface area (Å²) < 4.78 is 38.6. The molecular weight excluding hydrogens is 360 g/mol. The van der Waals surface area contributed by atoms with Crippen LogP contribution in [0.15, 0.2) is 24.4 Å². The second kappa shape index (κ2) is 6.98. The van der Waals surface area contributed by atoms with Crippen LogP contribution in [0.1, 0.15) is 23.7 Å². The lowest BCUT2D eigenvalue weighted by Gasteiger charge is -2.20. The van der Waals surface area contributed by atoms with Gasteiger partial charge in [-0.1, -0.05) is 6.92 Å². The van der Waals surface area contributed by atoms with Crippen LogP contribution in [0.25, 0.3) is 10.8 Å². The van der Waals surface area contributed by atoms with Crippen LogP contribution in [0.5, 0.6) is 11.6 Å². The van der Waals surface area contributed by atoms with Crippen LogP contribution in [0.2, 0.25) is 0 Å². The maximum atomic E-state index is 13.9. The number of amides is 2. The van der Waals surface area contributed by atoms with Gasteiger partial charge < -0.3 is 20.5 Å². The van der Waals surface area contributed by atoms with Crippen LogP contribution < -0.4 is 20.5 Å². The third-order valence-electron chi connectivity index (χ3n) is 4.72. The van der Waals surface area contributed by atoms with Gasteiger partial charge in [-0.05, 0) is 30.0 Å². The molecule has 1 aromatic heterocycles. The van der Waals surface area contributed by atoms with E-state index in [1.807, 2.05) is 0 Å². The number of primary amides is 1. The highest BCUT2D eigenvalue weighted by Crippen LogP contribution is 2.36. The minimum atomic E-state index is -3.42. The van der Waals surface area contributed by atoms with Gasteiger partial charge in [0.1, 0.15) is 12.4 Å². The molecule has 1 aromatic carbocycles. The van der Waals surface area contributed by atoms with E-state index in [2.05, 4.69) is 10.3 Å². The van der Waals surface area contributed by atoms with E-state index in [0.717, 1.165) is 0 Å². The van der Waals surface area contributed by atoms with Gasteiger partial charge in [-0.25, -0.2) is 4.98 Å². The van der Waals surface area contributed by atoms with E-state index >= 15 is 0 Å². The number of aromatic nitrogens is 1. The van der Waals surface area contributed by atoms with Crippen LogP contribution in [0.3, 0.4) is 0 Å². The van der Waals surface area contributed by atoms with Crippen LogP contribution in [0.4, 0.5) is 8.78 Å². The van der Waals surface area contributed by atoms with Crippen molar-refractivity contribution in [3.05, 3.63) is 30.0 Å². The number of carbonyl (C=O) groups excluding carboxylic acids is 2. The van der Waals surface area contributed by atoms with Crippen molar-refractivity contribution < 1.29 is 27.8 Å². The van der Waals surface area contributed by atoms with E-state index in [9.17, 15) is 18.4 Å². The van der Waals surface area contributed by atoms with Crippen molar-refractivity contribution in [1.82, 2.24) is 10.3 Å². The Morgan fingerprint density at radius 2 is 2.15 bits per heavy atom. The molecule has 1 saturated heterocycles. The highest BCUT2D eigenvalue weighted by molar-refractivity contribution is 6.01. The first-order valence-electron chi connectivity index (χ1n) is 8.37. The third-order valence-corrected chi connectivity index (χ3v) is 4.72. The summed E-state index contributed by atoms with van der Waals surface area (Å²) in [6.07, 6.45) is 1.59. The largest absolute Gasteiger partial charge is 0.496 e. The molecule has 7 nitrogen and oxygen atoms in total. The van der Waals surface area contributed by atoms with E-state index in [4.69, 9.17) is 15.2 Å². The number of fused-ring (bicyclic) bond motifs is 1. The lowest BCUT2D eigenvalue weighted by Crippen LogP contribution is -2.35. The van der Waals surface area contributed by atoms with E-state index in [1.54, 1.807) is 25.1 Å². The van der Waals surface area contributed by atoms with Gasteiger partial charge >= 0.3 is 5.92 Å². The second-order valence-corrected chi connectivity index (χ2v) is 6.28. The summed E-state index contributed by atoms with van der Waals surface area (Å²) in [5.41, 5.74) is 5.56. The number of pyridine rings is 1. The Kier molecular flexibility index (Phi) is 4.86. The van der Waals surface area contributed by atoms with Gasteiger partial charge in [-0.15, -0.1) is 0 Å². The zero-order valence-electron chi connectivity index (χ0n) is 14.8. The molecule has 2 unspecified atom stereocenters. The van der Waals surface area contributed by atoms with E-state index < -0.39 is 29.7 Å². The molecule has 9 heteroatoms. The van der Waals surface area contributed by atoms with Gasteiger partial charge in [0.25, 0.3) is 11.8 Å². The standard InChI is InChI=1S/C18H19F2N3O4/c1-3-12-13(23-17(25)18(12,19)20)8-27-16-10-7-14(26-2)11(15(21)24)6-9(10)4-5-22-16/h4-7,12-13H,3,8H2,1-2H3,(H2,21,24)(H,23,25). The number of rotatable bonds is 6. The molecule has 2 aromatic rings. The number of carbonyl (C=O) groups is 2. The lowest BCUT2D eigenvalue weighted by molar-refractivity contribution is -0.144. The van der Waals surface area contributed by atoms with Crippen molar-refractivity contribution in [3.8, 4) is 11.6 Å². The van der Waals surface area contributed by atoms with E-state index in [1.165, 1.54) is 13.3 Å². The number of benzene rings is 1. The topological polar surface area (TPSA) is 104 Å². The summed E-state index contributed by atoms with van der Waals surface area (Å²) in [6, 6.07) is 3.93. The molecule has 27 heavy (non-hydrogen) atoms. The number of nitrogens with one attached hydrogen (secondary N) is 1. The minimum Gasteiger partial charge on any atom is -0.496 e. The average molecular weight is 379 g/mol. The fourth-order valence-electron chi connectivity index (χ4n) is 3.30. The van der Waals surface area contributed by atoms with E-state index in [0.29, 0.717) is 10.8 Å². The molecule has 2 heterocycles. The molecule has 3 rings (SSSR count). The minimum absolute atomic E-state index is 0.124. The number of methoxy groups -OCH3 is 1. The molecule has 0 spiro atoms. The highest BCUT2D eigenvalue weighted by Gasteiger charge is 2.56. The molecular formula is C18H19F2N3O4. The van der Waals surface area contributed by atoms with Gasteiger partial charge in [0.15, 0.2) is 0 Å². The van der Waals surface area contributed by atoms with Crippen LogP contribution in [-0.4, -0.2) is 42.5 Å². The smallest absolute Gasteiger partial charge is 0.329 e. The predicted molar refractivity (Wildman–Crippen MR) is 93.0 cm³/mol. The molecule has 1 aliphatic rings. The number of hydrogen-bond donors (Lipinski definition) is 2. The third kappa shape index (κ3) is 3.24. The van der Waals surface area contributed by atoms with E-state index in [-0.39, 0.29) is 30.2 Å². The number of halogens is 2. The van der Waals surface area contributed by atoms with Gasteiger partial charge in [0.2, 0.25) is 5.88 Å². The quantitative estimate of drug-likeness (QED) is 0.798. The molecule has 0 bridgehead atoms. The second-order valence-electron chi connectivity index (χ2n) is 6.28. The zero-order chi connectivity index (χ0) is 19.8. The van der Waals surface area contributed by atoms with Crippen molar-refractivity contribution >= 4 is 22.6 Å². The highest BCUT2D eigenvalue weighted by atomic mass is 19.3. The Bertz CT molecular complexity index is 904. The Morgan fingerprint density at radius 1 is 1.41 bits per heavy atom. The number of hydrogen-bond acceptors (Lipinski definition) is 5. The molecule has 1 fully saturated rings. The molecule has 0 radical (unpaired) electrons. The van der Waals surface area contributed by atoms with Gasteiger partial charge in [-0.2, -0.15) is 8.78 Å². The summed E-state index contributed by atoms with van der Waals surface area (Å²) in [5.74, 6) is -6.08. The number of ether oxygens (including phenoxy) is 2. The van der Waals surface area contributed by atoms with Crippen LogP contribution >= 0.6 is 0 Å².